The van der Waals surface area contributed by atoms with E-state index in [4.69, 9.17) is 14.2 Å². The van der Waals surface area contributed by atoms with Gasteiger partial charge in [0.1, 0.15) is 15.3 Å². The lowest BCUT2D eigenvalue weighted by Crippen LogP contribution is -2.50. The molecule has 2 aliphatic rings. The lowest BCUT2D eigenvalue weighted by Gasteiger charge is -2.27. The van der Waals surface area contributed by atoms with Crippen molar-refractivity contribution in [1.82, 2.24) is 4.72 Å². The van der Waals surface area contributed by atoms with Gasteiger partial charge < -0.3 is 14.2 Å². The van der Waals surface area contributed by atoms with Gasteiger partial charge in [0, 0.05) is 10.3 Å². The molecule has 2 heterocycles. The van der Waals surface area contributed by atoms with Crippen molar-refractivity contribution in [3.05, 3.63) is 66.2 Å². The minimum atomic E-state index is -4.02. The molecule has 35 heavy (non-hydrogen) atoms. The predicted molar refractivity (Wildman–Crippen MR) is 133 cm³/mol. The highest BCUT2D eigenvalue weighted by Crippen LogP contribution is 2.59. The van der Waals surface area contributed by atoms with Gasteiger partial charge in [0.15, 0.2) is 11.5 Å². The summed E-state index contributed by atoms with van der Waals surface area (Å²) in [6, 6.07) is 18.3. The number of carbonyl (C=O) groups excluding carboxylic acids is 1. The Labute approximate surface area is 209 Å². The number of benzene rings is 2. The Morgan fingerprint density at radius 1 is 1.03 bits per heavy atom. The molecule has 1 fully saturated rings. The highest BCUT2D eigenvalue weighted by Gasteiger charge is 2.73. The molecule has 1 aliphatic carbocycles. The normalized spacial score (nSPS) is 23.2. The number of thiophene rings is 1. The molecular weight excluding hydrogens is 486 g/mol. The summed E-state index contributed by atoms with van der Waals surface area (Å²) in [5.74, 6) is 0.708. The van der Waals surface area contributed by atoms with Crippen molar-refractivity contribution in [2.24, 2.45) is 0 Å². The number of ether oxygens (including phenoxy) is 3. The quantitative estimate of drug-likeness (QED) is 0.473. The summed E-state index contributed by atoms with van der Waals surface area (Å²) in [7, 11) is -4.02. The second-order valence-electron chi connectivity index (χ2n) is 10.1. The second kappa shape index (κ2) is 8.08. The van der Waals surface area contributed by atoms with Crippen LogP contribution in [-0.4, -0.2) is 32.3 Å². The third-order valence-electron chi connectivity index (χ3n) is 6.41. The Kier molecular flexibility index (Phi) is 5.50. The molecule has 2 atom stereocenters. The lowest BCUT2D eigenvalue weighted by atomic mass is 9.93. The summed E-state index contributed by atoms with van der Waals surface area (Å²) >= 11 is 1.13. The predicted octanol–water partition coefficient (Wildman–Crippen LogP) is 4.86. The van der Waals surface area contributed by atoms with Crippen LogP contribution in [0.5, 0.6) is 11.5 Å². The fourth-order valence-electron chi connectivity index (χ4n) is 4.44. The second-order valence-corrected chi connectivity index (χ2v) is 13.1. The number of carbonyl (C=O) groups is 1. The molecule has 0 bridgehead atoms. The molecular formula is C26H27NO6S2. The molecule has 2 aromatic carbocycles. The first-order valence-electron chi connectivity index (χ1n) is 11.3. The molecule has 0 saturated heterocycles. The summed E-state index contributed by atoms with van der Waals surface area (Å²) in [5, 5.41) is 0. The molecule has 1 unspecified atom stereocenters. The minimum Gasteiger partial charge on any atom is -0.459 e. The molecule has 0 amide bonds. The van der Waals surface area contributed by atoms with Crippen LogP contribution >= 0.6 is 11.3 Å². The highest BCUT2D eigenvalue weighted by molar-refractivity contribution is 7.91. The van der Waals surface area contributed by atoms with Crippen molar-refractivity contribution >= 4 is 27.3 Å². The average Bonchev–Trinajstić information content (AvgIpc) is 3.20. The van der Waals surface area contributed by atoms with Crippen LogP contribution in [0.2, 0.25) is 0 Å². The van der Waals surface area contributed by atoms with Crippen molar-refractivity contribution < 1.29 is 27.4 Å². The molecule has 5 rings (SSSR count). The number of hydrogen-bond acceptors (Lipinski definition) is 7. The number of rotatable bonds is 6. The molecule has 7 nitrogen and oxygen atoms in total. The molecule has 1 saturated carbocycles. The van der Waals surface area contributed by atoms with Crippen molar-refractivity contribution in [3.8, 4) is 21.9 Å². The fraction of sp³-hybridized carbons (Fsp3) is 0.346. The molecule has 1 aromatic heterocycles. The molecule has 184 valence electrons. The first-order valence-corrected chi connectivity index (χ1v) is 13.6. The maximum atomic E-state index is 13.6. The molecule has 0 spiro atoms. The van der Waals surface area contributed by atoms with Crippen LogP contribution in [0.1, 0.15) is 39.7 Å². The third kappa shape index (κ3) is 4.22. The zero-order chi connectivity index (χ0) is 25.1. The van der Waals surface area contributed by atoms with Gasteiger partial charge in [0.2, 0.25) is 6.79 Å². The van der Waals surface area contributed by atoms with Crippen LogP contribution in [0, 0.1) is 0 Å². The zero-order valence-corrected chi connectivity index (χ0v) is 21.6. The monoisotopic (exact) mass is 513 g/mol. The van der Waals surface area contributed by atoms with E-state index in [9.17, 15) is 13.2 Å². The standard InChI is InChI=1S/C26H27NO6S2/c1-24(2,3)33-23(28)26(15-25(26,4)18-8-6-5-7-9-18)27-35(29,30)22-13-12-21(34-22)17-10-11-19-20(14-17)32-16-31-19/h5-14,27H,15-16H2,1-4H3/t25?,26-/m1/s1. The topological polar surface area (TPSA) is 90.9 Å². The van der Waals surface area contributed by atoms with Crippen molar-refractivity contribution in [2.45, 2.75) is 54.9 Å². The summed E-state index contributed by atoms with van der Waals surface area (Å²) in [6.45, 7) is 7.37. The first-order chi connectivity index (χ1) is 16.4. The summed E-state index contributed by atoms with van der Waals surface area (Å²) in [6.07, 6.45) is 0.304. The van der Waals surface area contributed by atoms with Gasteiger partial charge in [-0.3, -0.25) is 0 Å². The Hall–Kier alpha value is -2.88. The Morgan fingerprint density at radius 3 is 2.46 bits per heavy atom. The van der Waals surface area contributed by atoms with Crippen LogP contribution < -0.4 is 14.2 Å². The molecule has 3 aromatic rings. The summed E-state index contributed by atoms with van der Waals surface area (Å²) in [4.78, 5) is 14.2. The van der Waals surface area contributed by atoms with Crippen LogP contribution in [-0.2, 0) is 25.0 Å². The number of esters is 1. The summed E-state index contributed by atoms with van der Waals surface area (Å²) in [5.41, 5.74) is -1.20. The van der Waals surface area contributed by atoms with Gasteiger partial charge in [-0.25, -0.2) is 13.2 Å². The van der Waals surface area contributed by atoms with Gasteiger partial charge >= 0.3 is 5.97 Å². The van der Waals surface area contributed by atoms with E-state index in [1.807, 2.05) is 49.4 Å². The third-order valence-corrected chi connectivity index (χ3v) is 9.53. The highest BCUT2D eigenvalue weighted by atomic mass is 32.2. The number of fused-ring (bicyclic) bond motifs is 1. The van der Waals surface area contributed by atoms with Gasteiger partial charge in [0.05, 0.1) is 0 Å². The maximum absolute atomic E-state index is 13.6. The molecule has 9 heteroatoms. The number of nitrogens with one attached hydrogen (secondary N) is 1. The first kappa shape index (κ1) is 23.8. The van der Waals surface area contributed by atoms with E-state index in [0.717, 1.165) is 27.3 Å². The van der Waals surface area contributed by atoms with E-state index in [0.29, 0.717) is 17.9 Å². The maximum Gasteiger partial charge on any atom is 0.328 e. The van der Waals surface area contributed by atoms with E-state index in [1.54, 1.807) is 39.0 Å². The molecule has 1 N–H and O–H groups in total. The van der Waals surface area contributed by atoms with Crippen molar-refractivity contribution in [2.75, 3.05) is 6.79 Å². The van der Waals surface area contributed by atoms with Crippen LogP contribution in [0.25, 0.3) is 10.4 Å². The fourth-order valence-corrected chi connectivity index (χ4v) is 7.20. The lowest BCUT2D eigenvalue weighted by molar-refractivity contribution is -0.158. The average molecular weight is 514 g/mol. The summed E-state index contributed by atoms with van der Waals surface area (Å²) < 4.78 is 46.5. The molecule has 0 radical (unpaired) electrons. The van der Waals surface area contributed by atoms with Gasteiger partial charge in [-0.2, -0.15) is 4.72 Å². The van der Waals surface area contributed by atoms with E-state index in [1.165, 1.54) is 0 Å². The van der Waals surface area contributed by atoms with Crippen LogP contribution in [0.3, 0.4) is 0 Å². The largest absolute Gasteiger partial charge is 0.459 e. The molecule has 1 aliphatic heterocycles. The van der Waals surface area contributed by atoms with E-state index in [2.05, 4.69) is 4.72 Å². The van der Waals surface area contributed by atoms with E-state index in [-0.39, 0.29) is 11.0 Å². The number of sulfonamides is 1. The minimum absolute atomic E-state index is 0.121. The van der Waals surface area contributed by atoms with Crippen LogP contribution in [0.4, 0.5) is 0 Å². The smallest absolute Gasteiger partial charge is 0.328 e. The van der Waals surface area contributed by atoms with Gasteiger partial charge in [-0.15, -0.1) is 11.3 Å². The number of hydrogen-bond donors (Lipinski definition) is 1. The van der Waals surface area contributed by atoms with E-state index < -0.39 is 32.5 Å². The van der Waals surface area contributed by atoms with E-state index >= 15 is 0 Å². The van der Waals surface area contributed by atoms with Gasteiger partial charge in [-0.05, 0) is 68.7 Å². The van der Waals surface area contributed by atoms with Crippen molar-refractivity contribution in [3.63, 3.8) is 0 Å². The SMILES string of the molecule is CC(C)(C)OC(=O)[C@]1(NS(=O)(=O)c2ccc(-c3ccc4c(c3)OCO4)s2)CC1(C)c1ccccc1. The Bertz CT molecular complexity index is 1390. The Balaban J connectivity index is 1.47. The zero-order valence-electron chi connectivity index (χ0n) is 20.0. The Morgan fingerprint density at radius 2 is 1.74 bits per heavy atom. The van der Waals surface area contributed by atoms with Gasteiger partial charge in [-0.1, -0.05) is 37.3 Å². The van der Waals surface area contributed by atoms with Gasteiger partial charge in [0.25, 0.3) is 10.0 Å². The van der Waals surface area contributed by atoms with Crippen LogP contribution in [0.15, 0.2) is 64.9 Å². The van der Waals surface area contributed by atoms with Crippen molar-refractivity contribution in [1.29, 1.82) is 0 Å².